The van der Waals surface area contributed by atoms with E-state index in [-0.39, 0.29) is 6.04 Å². The Balaban J connectivity index is 2.36. The van der Waals surface area contributed by atoms with Gasteiger partial charge < -0.3 is 14.8 Å². The summed E-state index contributed by atoms with van der Waals surface area (Å²) in [4.78, 5) is 20.7. The molecule has 5 nitrogen and oxygen atoms in total. The summed E-state index contributed by atoms with van der Waals surface area (Å²) in [7, 11) is 1.28. The molecule has 0 bridgehead atoms. The Morgan fingerprint density at radius 3 is 2.91 bits per heavy atom. The summed E-state index contributed by atoms with van der Waals surface area (Å²) in [6.45, 7) is 0.374. The van der Waals surface area contributed by atoms with Crippen molar-refractivity contribution >= 4 is 12.4 Å². The van der Waals surface area contributed by atoms with Gasteiger partial charge in [-0.3, -0.25) is 4.79 Å². The Morgan fingerprint density at radius 1 is 1.82 bits per heavy atom. The maximum Gasteiger partial charge on any atom is 0.337 e. The Morgan fingerprint density at radius 2 is 2.55 bits per heavy atom. The van der Waals surface area contributed by atoms with Crippen molar-refractivity contribution in [2.75, 3.05) is 13.7 Å². The Kier molecular flexibility index (Phi) is 2.43. The van der Waals surface area contributed by atoms with Crippen LogP contribution in [0.5, 0.6) is 0 Å². The molecule has 0 aromatic rings. The van der Waals surface area contributed by atoms with E-state index in [9.17, 15) is 9.59 Å². The molecule has 0 saturated carbocycles. The third kappa shape index (κ3) is 1.48. The highest BCUT2D eigenvalue weighted by atomic mass is 16.6. The molecule has 0 unspecified atom stereocenters. The van der Waals surface area contributed by atoms with Gasteiger partial charge in [-0.15, -0.1) is 0 Å². The Bertz CT molecular complexity index is 170. The number of esters is 1. The maximum atomic E-state index is 10.8. The highest BCUT2D eigenvalue weighted by molar-refractivity contribution is 5.77. The summed E-state index contributed by atoms with van der Waals surface area (Å²) < 4.78 is 9.26. The second kappa shape index (κ2) is 3.34. The molecule has 1 rings (SSSR count). The average molecular weight is 159 g/mol. The van der Waals surface area contributed by atoms with Crippen molar-refractivity contribution in [2.24, 2.45) is 0 Å². The lowest BCUT2D eigenvalue weighted by molar-refractivity contribution is -0.173. The molecule has 0 radical (unpaired) electrons. The molecule has 1 N–H and O–H groups in total. The van der Waals surface area contributed by atoms with E-state index in [2.05, 4.69) is 10.1 Å². The molecule has 1 fully saturated rings. The molecule has 1 heterocycles. The van der Waals surface area contributed by atoms with E-state index >= 15 is 0 Å². The fraction of sp³-hybridized carbons (Fsp3) is 0.667. The SMILES string of the molecule is COC(=O)[C@@H]1OC[C@@H]1NC=O. The molecule has 62 valence electrons. The van der Waals surface area contributed by atoms with Crippen LogP contribution in [-0.4, -0.2) is 38.2 Å². The normalized spacial score (nSPS) is 28.5. The first-order valence-electron chi connectivity index (χ1n) is 3.18. The van der Waals surface area contributed by atoms with Gasteiger partial charge in [-0.25, -0.2) is 4.79 Å². The Labute approximate surface area is 63.7 Å². The van der Waals surface area contributed by atoms with Crippen LogP contribution in [0.25, 0.3) is 0 Å². The van der Waals surface area contributed by atoms with Gasteiger partial charge >= 0.3 is 5.97 Å². The molecule has 2 atom stereocenters. The summed E-state index contributed by atoms with van der Waals surface area (Å²) >= 11 is 0. The lowest BCUT2D eigenvalue weighted by atomic mass is 10.1. The van der Waals surface area contributed by atoms with E-state index in [0.717, 1.165) is 0 Å². The molecule has 5 heteroatoms. The smallest absolute Gasteiger partial charge is 0.337 e. The minimum absolute atomic E-state index is 0.222. The van der Waals surface area contributed by atoms with Crippen molar-refractivity contribution in [3.63, 3.8) is 0 Å². The van der Waals surface area contributed by atoms with Gasteiger partial charge in [0.1, 0.15) is 0 Å². The van der Waals surface area contributed by atoms with E-state index in [1.807, 2.05) is 0 Å². The number of hydrogen-bond donors (Lipinski definition) is 1. The zero-order valence-corrected chi connectivity index (χ0v) is 6.07. The molecule has 0 aromatic heterocycles. The first-order chi connectivity index (χ1) is 5.29. The maximum absolute atomic E-state index is 10.8. The van der Waals surface area contributed by atoms with E-state index in [1.54, 1.807) is 0 Å². The molecule has 11 heavy (non-hydrogen) atoms. The fourth-order valence-electron chi connectivity index (χ4n) is 0.860. The van der Waals surface area contributed by atoms with Crippen LogP contribution in [0, 0.1) is 0 Å². The van der Waals surface area contributed by atoms with Crippen molar-refractivity contribution in [1.82, 2.24) is 5.32 Å². The third-order valence-electron chi connectivity index (χ3n) is 1.54. The summed E-state index contributed by atoms with van der Waals surface area (Å²) in [6.07, 6.45) is -0.0754. The molecule has 1 saturated heterocycles. The number of carbonyl (C=O) groups is 2. The Hall–Kier alpha value is -1.10. The number of ether oxygens (including phenoxy) is 2. The topological polar surface area (TPSA) is 64.6 Å². The summed E-state index contributed by atoms with van der Waals surface area (Å²) in [5.74, 6) is -0.449. The predicted octanol–water partition coefficient (Wildman–Crippen LogP) is -1.33. The van der Waals surface area contributed by atoms with Crippen LogP contribution in [0.1, 0.15) is 0 Å². The van der Waals surface area contributed by atoms with Crippen LogP contribution in [0.4, 0.5) is 0 Å². The number of methoxy groups -OCH3 is 1. The highest BCUT2D eigenvalue weighted by Gasteiger charge is 2.38. The van der Waals surface area contributed by atoms with Crippen molar-refractivity contribution in [2.45, 2.75) is 12.1 Å². The van der Waals surface area contributed by atoms with E-state index in [4.69, 9.17) is 4.74 Å². The van der Waals surface area contributed by atoms with Gasteiger partial charge in [0.25, 0.3) is 0 Å². The molecule has 1 amide bonds. The summed E-state index contributed by atoms with van der Waals surface area (Å²) in [5, 5.41) is 2.44. The first-order valence-corrected chi connectivity index (χ1v) is 3.18. The van der Waals surface area contributed by atoms with Gasteiger partial charge in [0.05, 0.1) is 19.8 Å². The minimum atomic E-state index is -0.620. The van der Waals surface area contributed by atoms with Crippen molar-refractivity contribution in [1.29, 1.82) is 0 Å². The van der Waals surface area contributed by atoms with Crippen LogP contribution in [0.2, 0.25) is 0 Å². The third-order valence-corrected chi connectivity index (χ3v) is 1.54. The standard InChI is InChI=1S/C6H9NO4/c1-10-6(9)5-4(2-11-5)7-3-8/h3-5H,2H2,1H3,(H,7,8)/t4-,5+/m0/s1. The van der Waals surface area contributed by atoms with Crippen molar-refractivity contribution < 1.29 is 19.1 Å². The van der Waals surface area contributed by atoms with Crippen molar-refractivity contribution in [3.05, 3.63) is 0 Å². The average Bonchev–Trinajstić information content (AvgIpc) is 1.98. The van der Waals surface area contributed by atoms with Crippen LogP contribution in [0.15, 0.2) is 0 Å². The molecule has 0 spiro atoms. The largest absolute Gasteiger partial charge is 0.467 e. The second-order valence-electron chi connectivity index (χ2n) is 2.17. The van der Waals surface area contributed by atoms with Gasteiger partial charge in [0, 0.05) is 0 Å². The molecule has 1 aliphatic rings. The number of rotatable bonds is 3. The number of amides is 1. The molecule has 0 aliphatic carbocycles. The number of carbonyl (C=O) groups excluding carboxylic acids is 2. The van der Waals surface area contributed by atoms with Crippen LogP contribution >= 0.6 is 0 Å². The highest BCUT2D eigenvalue weighted by Crippen LogP contribution is 2.12. The quantitative estimate of drug-likeness (QED) is 0.409. The predicted molar refractivity (Wildman–Crippen MR) is 34.7 cm³/mol. The number of nitrogens with one attached hydrogen (secondary N) is 1. The lowest BCUT2D eigenvalue weighted by Gasteiger charge is -2.33. The van der Waals surface area contributed by atoms with Gasteiger partial charge in [-0.2, -0.15) is 0 Å². The van der Waals surface area contributed by atoms with Gasteiger partial charge in [0.15, 0.2) is 6.10 Å². The zero-order chi connectivity index (χ0) is 8.27. The lowest BCUT2D eigenvalue weighted by Crippen LogP contribution is -2.57. The minimum Gasteiger partial charge on any atom is -0.467 e. The van der Waals surface area contributed by atoms with Gasteiger partial charge in [0.2, 0.25) is 6.41 Å². The number of hydrogen-bond acceptors (Lipinski definition) is 4. The molecule has 1 aliphatic heterocycles. The molecule has 0 aromatic carbocycles. The van der Waals surface area contributed by atoms with E-state index < -0.39 is 12.1 Å². The van der Waals surface area contributed by atoms with Gasteiger partial charge in [-0.1, -0.05) is 0 Å². The van der Waals surface area contributed by atoms with Crippen LogP contribution < -0.4 is 5.32 Å². The second-order valence-corrected chi connectivity index (χ2v) is 2.17. The first kappa shape index (κ1) is 8.00. The van der Waals surface area contributed by atoms with E-state index in [1.165, 1.54) is 7.11 Å². The fourth-order valence-corrected chi connectivity index (χ4v) is 0.860. The zero-order valence-electron chi connectivity index (χ0n) is 6.07. The summed E-state index contributed by atoms with van der Waals surface area (Å²) in [5.41, 5.74) is 0. The monoisotopic (exact) mass is 159 g/mol. The molecular weight excluding hydrogens is 150 g/mol. The summed E-state index contributed by atoms with van der Waals surface area (Å²) in [6, 6.07) is -0.222. The van der Waals surface area contributed by atoms with Gasteiger partial charge in [-0.05, 0) is 0 Å². The van der Waals surface area contributed by atoms with E-state index in [0.29, 0.717) is 13.0 Å². The van der Waals surface area contributed by atoms with Crippen molar-refractivity contribution in [3.8, 4) is 0 Å². The van der Waals surface area contributed by atoms with Crippen LogP contribution in [0.3, 0.4) is 0 Å². The molecular formula is C6H9NO4. The van der Waals surface area contributed by atoms with Crippen LogP contribution in [-0.2, 0) is 19.1 Å².